The van der Waals surface area contributed by atoms with Gasteiger partial charge < -0.3 is 16.2 Å². The van der Waals surface area contributed by atoms with E-state index in [1.54, 1.807) is 53.1 Å². The van der Waals surface area contributed by atoms with E-state index >= 15 is 0 Å². The molecule has 4 aromatic rings. The number of nitrogen functional groups attached to an aromatic ring is 1. The predicted octanol–water partition coefficient (Wildman–Crippen LogP) is 3.48. The Morgan fingerprint density at radius 3 is 2.43 bits per heavy atom. The summed E-state index contributed by atoms with van der Waals surface area (Å²) >= 11 is 0. The number of hydrogen-bond acceptors (Lipinski definition) is 5. The Balaban J connectivity index is 1.88. The lowest BCUT2D eigenvalue weighted by Gasteiger charge is -2.08. The van der Waals surface area contributed by atoms with Crippen molar-refractivity contribution in [2.75, 3.05) is 11.1 Å². The monoisotopic (exact) mass is 371 g/mol. The number of aromatic hydroxyl groups is 1. The topological polar surface area (TPSA) is 106 Å². The number of hydrogen-bond donors (Lipinski definition) is 3. The Morgan fingerprint density at radius 2 is 1.75 bits per heavy atom. The van der Waals surface area contributed by atoms with Crippen LogP contribution in [0.25, 0.3) is 28.2 Å². The first-order valence-corrected chi connectivity index (χ1v) is 8.53. The largest absolute Gasteiger partial charge is 0.508 e. The van der Waals surface area contributed by atoms with Crippen LogP contribution in [0.1, 0.15) is 0 Å². The van der Waals surface area contributed by atoms with Gasteiger partial charge >= 0.3 is 0 Å². The van der Waals surface area contributed by atoms with Crippen LogP contribution in [0, 0.1) is 0 Å². The van der Waals surface area contributed by atoms with E-state index in [9.17, 15) is 9.90 Å². The van der Waals surface area contributed by atoms with Gasteiger partial charge in [0.1, 0.15) is 11.4 Å². The fraction of sp³-hybridized carbons (Fsp3) is 0. The number of carbonyl (C=O) groups excluding carboxylic acids is 1. The zero-order chi connectivity index (χ0) is 19.7. The number of phenols is 1. The van der Waals surface area contributed by atoms with Gasteiger partial charge in [0.25, 0.3) is 0 Å². The first-order valence-electron chi connectivity index (χ1n) is 8.53. The molecule has 4 N–H and O–H groups in total. The number of imidazole rings is 1. The number of phenolic OH excluding ortho intramolecular Hbond substituents is 1. The van der Waals surface area contributed by atoms with Crippen molar-refractivity contribution >= 4 is 23.2 Å². The summed E-state index contributed by atoms with van der Waals surface area (Å²) in [5.74, 6) is 0.214. The van der Waals surface area contributed by atoms with Gasteiger partial charge in [-0.25, -0.2) is 9.97 Å². The van der Waals surface area contributed by atoms with E-state index in [4.69, 9.17) is 10.7 Å². The highest BCUT2D eigenvalue weighted by Crippen LogP contribution is 2.34. The van der Waals surface area contributed by atoms with Gasteiger partial charge in [0.2, 0.25) is 11.9 Å². The molecule has 7 nitrogen and oxygen atoms in total. The number of nitrogens with zero attached hydrogens (tertiary/aromatic N) is 3. The Kier molecular flexibility index (Phi) is 4.25. The number of anilines is 2. The second-order valence-corrected chi connectivity index (χ2v) is 6.12. The molecule has 28 heavy (non-hydrogen) atoms. The Bertz CT molecular complexity index is 1180. The molecule has 0 aliphatic heterocycles. The number of carbonyl (C=O) groups is 1. The number of aromatic nitrogens is 3. The Morgan fingerprint density at radius 1 is 1.07 bits per heavy atom. The third kappa shape index (κ3) is 3.05. The van der Waals surface area contributed by atoms with Crippen molar-refractivity contribution in [3.05, 3.63) is 73.4 Å². The van der Waals surface area contributed by atoms with Gasteiger partial charge in [0.05, 0.1) is 11.4 Å². The van der Waals surface area contributed by atoms with E-state index < -0.39 is 0 Å². The molecule has 2 aromatic heterocycles. The summed E-state index contributed by atoms with van der Waals surface area (Å²) in [6.45, 7) is 3.45. The third-order valence-corrected chi connectivity index (χ3v) is 4.31. The van der Waals surface area contributed by atoms with Gasteiger partial charge in [0.15, 0.2) is 0 Å². The summed E-state index contributed by atoms with van der Waals surface area (Å²) in [7, 11) is 0. The maximum absolute atomic E-state index is 11.5. The number of fused-ring (bicyclic) bond motifs is 1. The summed E-state index contributed by atoms with van der Waals surface area (Å²) in [4.78, 5) is 20.4. The molecule has 0 aliphatic carbocycles. The van der Waals surface area contributed by atoms with Crippen molar-refractivity contribution in [1.82, 2.24) is 14.4 Å². The lowest BCUT2D eigenvalue weighted by molar-refractivity contribution is -0.111. The van der Waals surface area contributed by atoms with Crippen LogP contribution in [0.5, 0.6) is 5.75 Å². The number of amides is 1. The highest BCUT2D eigenvalue weighted by Gasteiger charge is 2.18. The van der Waals surface area contributed by atoms with E-state index in [1.165, 1.54) is 6.08 Å². The molecule has 0 spiro atoms. The molecular formula is C21H17N5O2. The van der Waals surface area contributed by atoms with Gasteiger partial charge in [-0.15, -0.1) is 0 Å². The fourth-order valence-corrected chi connectivity index (χ4v) is 3.01. The average molecular weight is 371 g/mol. The van der Waals surface area contributed by atoms with Crippen LogP contribution in [0.3, 0.4) is 0 Å². The van der Waals surface area contributed by atoms with E-state index in [2.05, 4.69) is 16.9 Å². The number of rotatable bonds is 4. The molecule has 138 valence electrons. The second kappa shape index (κ2) is 6.88. The molecule has 0 saturated carbocycles. The summed E-state index contributed by atoms with van der Waals surface area (Å²) in [5, 5.41) is 12.3. The minimum Gasteiger partial charge on any atom is -0.508 e. The minimum absolute atomic E-state index is 0.174. The molecule has 4 rings (SSSR count). The standard InChI is InChI=1S/C21H17N5O2/c1-2-18(28)24-15-7-3-13(4-8-15)19-20(14-5-9-16(27)10-6-14)26-17(25-19)11-12-23-21(26)22/h2-12,27H,1H2,(H2,22,23)(H,24,28). The zero-order valence-corrected chi connectivity index (χ0v) is 14.8. The first kappa shape index (κ1) is 17.3. The van der Waals surface area contributed by atoms with Crippen LogP contribution in [-0.4, -0.2) is 25.4 Å². The van der Waals surface area contributed by atoms with Crippen molar-refractivity contribution in [2.24, 2.45) is 0 Å². The first-order chi connectivity index (χ1) is 13.6. The minimum atomic E-state index is -0.274. The Hall–Kier alpha value is -4.13. The molecule has 0 saturated heterocycles. The van der Waals surface area contributed by atoms with Gasteiger partial charge in [-0.05, 0) is 48.5 Å². The van der Waals surface area contributed by atoms with Gasteiger partial charge in [-0.3, -0.25) is 9.20 Å². The summed E-state index contributed by atoms with van der Waals surface area (Å²) < 4.78 is 1.77. The molecule has 1 amide bonds. The maximum Gasteiger partial charge on any atom is 0.247 e. The molecule has 7 heteroatoms. The van der Waals surface area contributed by atoms with Crippen LogP contribution in [0.2, 0.25) is 0 Å². The lowest BCUT2D eigenvalue weighted by Crippen LogP contribution is -2.06. The van der Waals surface area contributed by atoms with Crippen molar-refractivity contribution < 1.29 is 9.90 Å². The van der Waals surface area contributed by atoms with Crippen LogP contribution < -0.4 is 11.1 Å². The van der Waals surface area contributed by atoms with Crippen LogP contribution in [0.4, 0.5) is 11.6 Å². The highest BCUT2D eigenvalue weighted by atomic mass is 16.3. The quantitative estimate of drug-likeness (QED) is 0.476. The number of nitrogens with one attached hydrogen (secondary N) is 1. The van der Waals surface area contributed by atoms with Crippen molar-refractivity contribution in [2.45, 2.75) is 0 Å². The molecule has 2 heterocycles. The average Bonchev–Trinajstić information content (AvgIpc) is 3.10. The summed E-state index contributed by atoms with van der Waals surface area (Å²) in [6.07, 6.45) is 2.82. The van der Waals surface area contributed by atoms with Crippen LogP contribution >= 0.6 is 0 Å². The molecular weight excluding hydrogens is 354 g/mol. The SMILES string of the molecule is C=CC(=O)Nc1ccc(-c2nc3ccnc(N)n3c2-c2ccc(O)cc2)cc1. The third-order valence-electron chi connectivity index (χ3n) is 4.31. The second-order valence-electron chi connectivity index (χ2n) is 6.12. The number of benzene rings is 2. The molecule has 0 unspecified atom stereocenters. The normalized spacial score (nSPS) is 10.7. The van der Waals surface area contributed by atoms with Gasteiger partial charge in [-0.2, -0.15) is 0 Å². The number of nitrogens with two attached hydrogens (primary N) is 1. The molecule has 0 radical (unpaired) electrons. The van der Waals surface area contributed by atoms with E-state index in [1.807, 2.05) is 12.1 Å². The molecule has 2 aromatic carbocycles. The lowest BCUT2D eigenvalue weighted by atomic mass is 10.0. The highest BCUT2D eigenvalue weighted by molar-refractivity contribution is 5.99. The zero-order valence-electron chi connectivity index (χ0n) is 14.8. The Labute approximate surface area is 160 Å². The van der Waals surface area contributed by atoms with Gasteiger partial charge in [0, 0.05) is 23.0 Å². The van der Waals surface area contributed by atoms with Crippen LogP contribution in [-0.2, 0) is 4.79 Å². The molecule has 0 bridgehead atoms. The van der Waals surface area contributed by atoms with Crippen molar-refractivity contribution in [3.63, 3.8) is 0 Å². The predicted molar refractivity (Wildman–Crippen MR) is 109 cm³/mol. The van der Waals surface area contributed by atoms with Crippen LogP contribution in [0.15, 0.2) is 73.4 Å². The molecule has 0 atom stereocenters. The smallest absolute Gasteiger partial charge is 0.247 e. The molecule has 0 fully saturated rings. The fourth-order valence-electron chi connectivity index (χ4n) is 3.01. The summed E-state index contributed by atoms with van der Waals surface area (Å²) in [5.41, 5.74) is 10.6. The maximum atomic E-state index is 11.5. The van der Waals surface area contributed by atoms with Crippen molar-refractivity contribution in [1.29, 1.82) is 0 Å². The molecule has 0 aliphatic rings. The van der Waals surface area contributed by atoms with E-state index in [0.29, 0.717) is 23.0 Å². The van der Waals surface area contributed by atoms with E-state index in [0.717, 1.165) is 16.8 Å². The van der Waals surface area contributed by atoms with E-state index in [-0.39, 0.29) is 11.7 Å². The summed E-state index contributed by atoms with van der Waals surface area (Å²) in [6, 6.07) is 15.9. The van der Waals surface area contributed by atoms with Crippen molar-refractivity contribution in [3.8, 4) is 28.3 Å². The van der Waals surface area contributed by atoms with Gasteiger partial charge in [-0.1, -0.05) is 18.7 Å².